The van der Waals surface area contributed by atoms with Crippen molar-refractivity contribution in [2.75, 3.05) is 25.0 Å². The first-order chi connectivity index (χ1) is 15.0. The molecule has 0 spiro atoms. The number of hydrogen-bond acceptors (Lipinski definition) is 5. The van der Waals surface area contributed by atoms with Gasteiger partial charge in [-0.2, -0.15) is 4.31 Å². The van der Waals surface area contributed by atoms with Crippen molar-refractivity contribution in [3.8, 4) is 0 Å². The van der Waals surface area contributed by atoms with Gasteiger partial charge in [0.25, 0.3) is 0 Å². The van der Waals surface area contributed by atoms with Crippen LogP contribution in [0.3, 0.4) is 0 Å². The number of sulfonamides is 1. The Balaban J connectivity index is 1.64. The van der Waals surface area contributed by atoms with E-state index in [9.17, 15) is 13.2 Å². The molecule has 1 atom stereocenters. The Kier molecular flexibility index (Phi) is 7.84. The summed E-state index contributed by atoms with van der Waals surface area (Å²) >= 11 is 1.60. The number of anilines is 1. The molecule has 0 saturated heterocycles. The molecule has 0 radical (unpaired) electrons. The zero-order valence-corrected chi connectivity index (χ0v) is 19.2. The fourth-order valence-electron chi connectivity index (χ4n) is 3.27. The van der Waals surface area contributed by atoms with Crippen molar-refractivity contribution in [2.24, 2.45) is 0 Å². The maximum atomic E-state index is 12.6. The number of carbonyl (C=O) groups excluding carboxylic acids is 1. The third-order valence-electron chi connectivity index (χ3n) is 4.92. The van der Waals surface area contributed by atoms with Crippen LogP contribution in [0.5, 0.6) is 0 Å². The second kappa shape index (κ2) is 10.6. The molecule has 1 amide bonds. The first kappa shape index (κ1) is 23.0. The van der Waals surface area contributed by atoms with E-state index in [1.807, 2.05) is 61.7 Å². The van der Waals surface area contributed by atoms with Gasteiger partial charge in [0.1, 0.15) is 0 Å². The zero-order valence-electron chi connectivity index (χ0n) is 17.6. The summed E-state index contributed by atoms with van der Waals surface area (Å²) in [6, 6.07) is 20.1. The number of nitrogens with zero attached hydrogens (tertiary/aromatic N) is 1. The van der Waals surface area contributed by atoms with E-state index in [1.54, 1.807) is 35.6 Å². The van der Waals surface area contributed by atoms with Crippen LogP contribution in [0, 0.1) is 0 Å². The standard InChI is InChI=1S/C23H27N3O3S2/c1-3-26(4-2)31(28,29)20-14-12-19(13-15-20)24-17-22(27)25-23(21-11-8-16-30-21)18-9-6-5-7-10-18/h5-16,23-24H,3-4,17H2,1-2H3,(H,25,27). The summed E-state index contributed by atoms with van der Waals surface area (Å²) in [4.78, 5) is 13.9. The molecular weight excluding hydrogens is 430 g/mol. The highest BCUT2D eigenvalue weighted by Gasteiger charge is 2.21. The summed E-state index contributed by atoms with van der Waals surface area (Å²) < 4.78 is 26.6. The summed E-state index contributed by atoms with van der Waals surface area (Å²) in [7, 11) is -3.49. The lowest BCUT2D eigenvalue weighted by Crippen LogP contribution is -2.33. The van der Waals surface area contributed by atoms with Gasteiger partial charge in [-0.25, -0.2) is 8.42 Å². The minimum atomic E-state index is -3.49. The molecule has 1 unspecified atom stereocenters. The van der Waals surface area contributed by atoms with Gasteiger partial charge in [0.15, 0.2) is 0 Å². The summed E-state index contributed by atoms with van der Waals surface area (Å²) in [5.74, 6) is -0.151. The SMILES string of the molecule is CCN(CC)S(=O)(=O)c1ccc(NCC(=O)NC(c2ccccc2)c2cccs2)cc1. The monoisotopic (exact) mass is 457 g/mol. The van der Waals surface area contributed by atoms with Gasteiger partial charge in [-0.1, -0.05) is 50.2 Å². The lowest BCUT2D eigenvalue weighted by Gasteiger charge is -2.19. The molecular formula is C23H27N3O3S2. The summed E-state index contributed by atoms with van der Waals surface area (Å²) in [5.41, 5.74) is 1.70. The van der Waals surface area contributed by atoms with Gasteiger partial charge in [-0.3, -0.25) is 4.79 Å². The highest BCUT2D eigenvalue weighted by Crippen LogP contribution is 2.26. The summed E-state index contributed by atoms with van der Waals surface area (Å²) in [6.07, 6.45) is 0. The van der Waals surface area contributed by atoms with Gasteiger partial charge < -0.3 is 10.6 Å². The van der Waals surface area contributed by atoms with E-state index in [2.05, 4.69) is 10.6 Å². The van der Waals surface area contributed by atoms with E-state index < -0.39 is 10.0 Å². The molecule has 0 aliphatic heterocycles. The molecule has 2 aromatic carbocycles. The Morgan fingerprint density at radius 1 is 0.968 bits per heavy atom. The molecule has 0 bridgehead atoms. The average molecular weight is 458 g/mol. The molecule has 6 nitrogen and oxygen atoms in total. The highest BCUT2D eigenvalue weighted by atomic mass is 32.2. The number of carbonyl (C=O) groups is 1. The Hall–Kier alpha value is -2.68. The van der Waals surface area contributed by atoms with E-state index in [-0.39, 0.29) is 23.4 Å². The first-order valence-electron chi connectivity index (χ1n) is 10.2. The van der Waals surface area contributed by atoms with E-state index in [0.717, 1.165) is 10.4 Å². The predicted octanol–water partition coefficient (Wildman–Crippen LogP) is 4.10. The fraction of sp³-hybridized carbons (Fsp3) is 0.261. The van der Waals surface area contributed by atoms with Crippen LogP contribution < -0.4 is 10.6 Å². The average Bonchev–Trinajstić information content (AvgIpc) is 3.32. The van der Waals surface area contributed by atoms with Crippen LogP contribution >= 0.6 is 11.3 Å². The summed E-state index contributed by atoms with van der Waals surface area (Å²) in [5, 5.41) is 8.13. The maximum Gasteiger partial charge on any atom is 0.243 e. The number of amides is 1. The van der Waals surface area contributed by atoms with Crippen molar-refractivity contribution in [3.63, 3.8) is 0 Å². The highest BCUT2D eigenvalue weighted by molar-refractivity contribution is 7.89. The van der Waals surface area contributed by atoms with Gasteiger partial charge in [-0.05, 0) is 41.3 Å². The second-order valence-corrected chi connectivity index (χ2v) is 9.81. The van der Waals surface area contributed by atoms with Crippen LogP contribution in [0.4, 0.5) is 5.69 Å². The lowest BCUT2D eigenvalue weighted by atomic mass is 10.1. The second-order valence-electron chi connectivity index (χ2n) is 6.89. The number of thiophene rings is 1. The molecule has 1 aromatic heterocycles. The topological polar surface area (TPSA) is 78.5 Å². The number of rotatable bonds is 10. The van der Waals surface area contributed by atoms with Gasteiger partial charge in [0, 0.05) is 23.7 Å². The van der Waals surface area contributed by atoms with Crippen molar-refractivity contribution in [2.45, 2.75) is 24.8 Å². The van der Waals surface area contributed by atoms with Crippen LogP contribution in [-0.2, 0) is 14.8 Å². The zero-order chi connectivity index (χ0) is 22.3. The maximum absolute atomic E-state index is 12.6. The van der Waals surface area contributed by atoms with E-state index >= 15 is 0 Å². The Labute approximate surface area is 188 Å². The van der Waals surface area contributed by atoms with Crippen molar-refractivity contribution < 1.29 is 13.2 Å². The third-order valence-corrected chi connectivity index (χ3v) is 7.92. The molecule has 164 valence electrons. The van der Waals surface area contributed by atoms with Gasteiger partial charge in [-0.15, -0.1) is 11.3 Å². The molecule has 0 saturated carbocycles. The van der Waals surface area contributed by atoms with Crippen LogP contribution in [0.15, 0.2) is 77.0 Å². The molecule has 1 heterocycles. The minimum absolute atomic E-state index is 0.0802. The smallest absolute Gasteiger partial charge is 0.243 e. The quantitative estimate of drug-likeness (QED) is 0.481. The van der Waals surface area contributed by atoms with Crippen molar-refractivity contribution >= 4 is 33.0 Å². The largest absolute Gasteiger partial charge is 0.376 e. The molecule has 2 N–H and O–H groups in total. The molecule has 3 aromatic rings. The minimum Gasteiger partial charge on any atom is -0.376 e. The molecule has 0 fully saturated rings. The van der Waals surface area contributed by atoms with Crippen LogP contribution in [0.25, 0.3) is 0 Å². The van der Waals surface area contributed by atoms with Gasteiger partial charge in [0.2, 0.25) is 15.9 Å². The molecule has 0 aliphatic rings. The molecule has 3 rings (SSSR count). The van der Waals surface area contributed by atoms with Gasteiger partial charge >= 0.3 is 0 Å². The normalized spacial score (nSPS) is 12.5. The third kappa shape index (κ3) is 5.72. The van der Waals surface area contributed by atoms with Crippen molar-refractivity contribution in [1.82, 2.24) is 9.62 Å². The number of nitrogens with one attached hydrogen (secondary N) is 2. The van der Waals surface area contributed by atoms with Crippen molar-refractivity contribution in [1.29, 1.82) is 0 Å². The molecule has 0 aliphatic carbocycles. The Morgan fingerprint density at radius 3 is 2.23 bits per heavy atom. The number of hydrogen-bond donors (Lipinski definition) is 2. The fourth-order valence-corrected chi connectivity index (χ4v) is 5.53. The van der Waals surface area contributed by atoms with E-state index in [4.69, 9.17) is 0 Å². The summed E-state index contributed by atoms with van der Waals surface area (Å²) in [6.45, 7) is 4.55. The van der Waals surface area contributed by atoms with Crippen LogP contribution in [-0.4, -0.2) is 38.3 Å². The predicted molar refractivity (Wildman–Crippen MR) is 126 cm³/mol. The lowest BCUT2D eigenvalue weighted by molar-refractivity contribution is -0.119. The van der Waals surface area contributed by atoms with Crippen molar-refractivity contribution in [3.05, 3.63) is 82.6 Å². The molecule has 31 heavy (non-hydrogen) atoms. The Morgan fingerprint density at radius 2 is 1.65 bits per heavy atom. The van der Waals surface area contributed by atoms with Gasteiger partial charge in [0.05, 0.1) is 17.5 Å². The molecule has 8 heteroatoms. The van der Waals surface area contributed by atoms with Crippen LogP contribution in [0.1, 0.15) is 30.3 Å². The number of benzene rings is 2. The van der Waals surface area contributed by atoms with Crippen LogP contribution in [0.2, 0.25) is 0 Å². The van der Waals surface area contributed by atoms with E-state index in [1.165, 1.54) is 4.31 Å². The first-order valence-corrected chi connectivity index (χ1v) is 12.5. The van der Waals surface area contributed by atoms with E-state index in [0.29, 0.717) is 18.8 Å². The Bertz CT molecular complexity index is 1060.